The van der Waals surface area contributed by atoms with Gasteiger partial charge in [-0.2, -0.15) is 0 Å². The van der Waals surface area contributed by atoms with Crippen LogP contribution < -0.4 is 10.4 Å². The van der Waals surface area contributed by atoms with Crippen LogP contribution in [-0.2, 0) is 4.84 Å². The zero-order chi connectivity index (χ0) is 11.4. The number of oxime groups is 1. The Morgan fingerprint density at radius 3 is 2.75 bits per heavy atom. The first-order valence-corrected chi connectivity index (χ1v) is 4.85. The molecule has 16 heavy (non-hydrogen) atoms. The summed E-state index contributed by atoms with van der Waals surface area (Å²) in [4.78, 5) is 14.8. The van der Waals surface area contributed by atoms with Crippen LogP contribution in [0.2, 0.25) is 0 Å². The molecule has 7 heteroatoms. The van der Waals surface area contributed by atoms with Gasteiger partial charge in [-0.3, -0.25) is 0 Å². The lowest BCUT2D eigenvalue weighted by Gasteiger charge is -2.31. The lowest BCUT2D eigenvalue weighted by molar-refractivity contribution is 0.126. The van der Waals surface area contributed by atoms with E-state index in [2.05, 4.69) is 15.1 Å². The molecule has 0 bridgehead atoms. The molecule has 1 fully saturated rings. The normalized spacial score (nSPS) is 14.6. The Labute approximate surface area is 93.7 Å². The van der Waals surface area contributed by atoms with Gasteiger partial charge in [-0.05, 0) is 0 Å². The molecule has 0 aliphatic carbocycles. The molecule has 2 rings (SSSR count). The van der Waals surface area contributed by atoms with Crippen LogP contribution in [0.3, 0.4) is 0 Å². The van der Waals surface area contributed by atoms with E-state index < -0.39 is 6.67 Å². The summed E-state index contributed by atoms with van der Waals surface area (Å²) in [5.41, 5.74) is 1.39. The average Bonchev–Trinajstić information content (AvgIpc) is 2.23. The van der Waals surface area contributed by atoms with Gasteiger partial charge in [-0.25, -0.2) is 14.4 Å². The summed E-state index contributed by atoms with van der Waals surface area (Å²) < 4.78 is 11.7. The molecule has 0 amide bonds. The van der Waals surface area contributed by atoms with Crippen LogP contribution in [-0.4, -0.2) is 49.9 Å². The van der Waals surface area contributed by atoms with Crippen molar-refractivity contribution in [3.05, 3.63) is 12.4 Å². The van der Waals surface area contributed by atoms with Crippen LogP contribution in [0.1, 0.15) is 0 Å². The van der Waals surface area contributed by atoms with Gasteiger partial charge in [0.15, 0.2) is 0 Å². The first kappa shape index (κ1) is 10.8. The quantitative estimate of drug-likeness (QED) is 0.387. The van der Waals surface area contributed by atoms with Crippen molar-refractivity contribution < 1.29 is 9.23 Å². The lowest BCUT2D eigenvalue weighted by Crippen LogP contribution is -2.48. The monoisotopic (exact) mass is 220 g/mol. The minimum Gasteiger partial charge on any atom is -0.393 e. The maximum Gasteiger partial charge on any atom is 0.225 e. The zero-order valence-electron chi connectivity index (χ0n) is 8.64. The van der Waals surface area contributed by atoms with Crippen molar-refractivity contribution in [3.63, 3.8) is 0 Å². The van der Waals surface area contributed by atoms with E-state index in [-0.39, 0.29) is 6.61 Å². The number of halogens is 1. The predicted octanol–water partition coefficient (Wildman–Crippen LogP) is -0.568. The number of alkyl halides is 1. The van der Waals surface area contributed by atoms with Crippen molar-refractivity contribution in [2.75, 3.05) is 31.3 Å². The standard InChI is InChI=1S/C9H10BFN4O/c10-7-3-12-9(13-4-7)15-5-8(6-15)14-16-2-1-11/h3-4H,1-2,5-6H2. The molecule has 1 saturated heterocycles. The van der Waals surface area contributed by atoms with E-state index in [0.29, 0.717) is 24.5 Å². The fourth-order valence-corrected chi connectivity index (χ4v) is 1.26. The van der Waals surface area contributed by atoms with Crippen molar-refractivity contribution in [2.24, 2.45) is 5.16 Å². The third-order valence-electron chi connectivity index (χ3n) is 2.05. The van der Waals surface area contributed by atoms with Crippen molar-refractivity contribution in [3.8, 4) is 0 Å². The number of anilines is 1. The Morgan fingerprint density at radius 2 is 2.12 bits per heavy atom. The summed E-state index contributed by atoms with van der Waals surface area (Å²) in [6.45, 7) is 0.690. The Hall–Kier alpha value is -1.66. The molecule has 1 aliphatic rings. The third kappa shape index (κ3) is 2.47. The average molecular weight is 220 g/mol. The minimum atomic E-state index is -0.526. The van der Waals surface area contributed by atoms with Gasteiger partial charge >= 0.3 is 0 Å². The number of nitrogens with zero attached hydrogens (tertiary/aromatic N) is 4. The summed E-state index contributed by atoms with van der Waals surface area (Å²) in [5.74, 6) is 0.610. The van der Waals surface area contributed by atoms with Crippen molar-refractivity contribution in [2.45, 2.75) is 0 Å². The molecule has 1 aromatic rings. The third-order valence-corrected chi connectivity index (χ3v) is 2.05. The van der Waals surface area contributed by atoms with Crippen LogP contribution >= 0.6 is 0 Å². The second kappa shape index (κ2) is 4.91. The highest BCUT2D eigenvalue weighted by Gasteiger charge is 2.24. The van der Waals surface area contributed by atoms with E-state index >= 15 is 0 Å². The van der Waals surface area contributed by atoms with Gasteiger partial charge in [-0.1, -0.05) is 10.6 Å². The summed E-state index contributed by atoms with van der Waals surface area (Å²) in [6.07, 6.45) is 3.11. The van der Waals surface area contributed by atoms with Crippen LogP contribution in [0, 0.1) is 0 Å². The first-order chi connectivity index (χ1) is 7.79. The molecule has 5 nitrogen and oxygen atoms in total. The molecule has 0 spiro atoms. The Balaban J connectivity index is 1.84. The number of rotatable bonds is 4. The maximum atomic E-state index is 11.7. The minimum absolute atomic E-state index is 0.00186. The highest BCUT2D eigenvalue weighted by atomic mass is 19.1. The molecule has 1 aliphatic heterocycles. The molecule has 0 N–H and O–H groups in total. The van der Waals surface area contributed by atoms with Crippen molar-refractivity contribution in [1.29, 1.82) is 0 Å². The van der Waals surface area contributed by atoms with Crippen LogP contribution in [0.25, 0.3) is 0 Å². The summed E-state index contributed by atoms with van der Waals surface area (Å²) in [7, 11) is 5.47. The first-order valence-electron chi connectivity index (χ1n) is 4.85. The van der Waals surface area contributed by atoms with E-state index in [1.165, 1.54) is 0 Å². The molecule has 82 valence electrons. The number of aromatic nitrogens is 2. The highest BCUT2D eigenvalue weighted by Crippen LogP contribution is 2.12. The highest BCUT2D eigenvalue weighted by molar-refractivity contribution is 6.31. The molecule has 2 radical (unpaired) electrons. The molecule has 0 saturated carbocycles. The molecule has 1 aromatic heterocycles. The van der Waals surface area contributed by atoms with Crippen LogP contribution in [0.4, 0.5) is 10.3 Å². The lowest BCUT2D eigenvalue weighted by atomic mass is 10.0. The van der Waals surface area contributed by atoms with Gasteiger partial charge < -0.3 is 9.74 Å². The van der Waals surface area contributed by atoms with Gasteiger partial charge in [-0.15, -0.1) is 0 Å². The van der Waals surface area contributed by atoms with Gasteiger partial charge in [0.2, 0.25) is 5.95 Å². The van der Waals surface area contributed by atoms with E-state index in [0.717, 1.165) is 5.71 Å². The van der Waals surface area contributed by atoms with Gasteiger partial charge in [0.25, 0.3) is 0 Å². The van der Waals surface area contributed by atoms with Gasteiger partial charge in [0.05, 0.1) is 18.8 Å². The second-order valence-electron chi connectivity index (χ2n) is 3.35. The Morgan fingerprint density at radius 1 is 1.44 bits per heavy atom. The molecular weight excluding hydrogens is 210 g/mol. The van der Waals surface area contributed by atoms with Crippen molar-refractivity contribution in [1.82, 2.24) is 9.97 Å². The van der Waals surface area contributed by atoms with E-state index in [4.69, 9.17) is 12.7 Å². The Bertz CT molecular complexity index is 376. The van der Waals surface area contributed by atoms with E-state index in [1.807, 2.05) is 4.90 Å². The summed E-state index contributed by atoms with van der Waals surface area (Å²) in [6, 6.07) is 0. The number of hydrogen-bond donors (Lipinski definition) is 0. The maximum absolute atomic E-state index is 11.7. The zero-order valence-corrected chi connectivity index (χ0v) is 8.64. The van der Waals surface area contributed by atoms with Crippen molar-refractivity contribution >= 4 is 25.0 Å². The molecule has 0 unspecified atom stereocenters. The SMILES string of the molecule is [B]c1cnc(N2CC(=NOCCF)C2)nc1. The smallest absolute Gasteiger partial charge is 0.225 e. The van der Waals surface area contributed by atoms with Crippen LogP contribution in [0.15, 0.2) is 17.5 Å². The molecular formula is C9H10BFN4O. The van der Waals surface area contributed by atoms with Crippen LogP contribution in [0.5, 0.6) is 0 Å². The summed E-state index contributed by atoms with van der Waals surface area (Å²) >= 11 is 0. The van der Waals surface area contributed by atoms with Gasteiger partial charge in [0, 0.05) is 12.4 Å². The predicted molar refractivity (Wildman–Crippen MR) is 59.0 cm³/mol. The summed E-state index contributed by atoms with van der Waals surface area (Å²) in [5, 5.41) is 3.77. The number of hydrogen-bond acceptors (Lipinski definition) is 5. The fourth-order valence-electron chi connectivity index (χ4n) is 1.26. The second-order valence-corrected chi connectivity index (χ2v) is 3.35. The molecule has 0 aromatic carbocycles. The van der Waals surface area contributed by atoms with E-state index in [9.17, 15) is 4.39 Å². The molecule has 0 atom stereocenters. The van der Waals surface area contributed by atoms with Gasteiger partial charge in [0.1, 0.15) is 21.1 Å². The van der Waals surface area contributed by atoms with E-state index in [1.54, 1.807) is 12.4 Å². The largest absolute Gasteiger partial charge is 0.393 e. The molecule has 2 heterocycles. The Kier molecular flexibility index (Phi) is 3.33. The topological polar surface area (TPSA) is 50.6 Å². The fraction of sp³-hybridized carbons (Fsp3) is 0.444.